The Bertz CT molecular complexity index is 545. The minimum Gasteiger partial charge on any atom is -0.306 e. The van der Waals surface area contributed by atoms with Gasteiger partial charge in [-0.15, -0.1) is 12.4 Å². The summed E-state index contributed by atoms with van der Waals surface area (Å²) in [6, 6.07) is 19.8. The van der Waals surface area contributed by atoms with E-state index >= 15 is 0 Å². The van der Waals surface area contributed by atoms with Crippen molar-refractivity contribution in [3.8, 4) is 0 Å². The van der Waals surface area contributed by atoms with Gasteiger partial charge in [0, 0.05) is 0 Å². The number of likely N-dealkylation sites (tertiary alicyclic amines) is 1. The van der Waals surface area contributed by atoms with Crippen molar-refractivity contribution < 1.29 is 0 Å². The average Bonchev–Trinajstić information content (AvgIpc) is 2.50. The highest BCUT2D eigenvalue weighted by Crippen LogP contribution is 2.30. The van der Waals surface area contributed by atoms with Crippen LogP contribution >= 0.6 is 12.4 Å². The standard InChI is InChI=1S/C19H23N.ClH/c1-20-13-11-17(12-14-20)19-10-6-5-9-18(19)15-16-7-3-2-4-8-16;/h2-10,17H,11-15H2,1H3;1H. The summed E-state index contributed by atoms with van der Waals surface area (Å²) in [6.45, 7) is 2.45. The van der Waals surface area contributed by atoms with Gasteiger partial charge in [0.25, 0.3) is 0 Å². The summed E-state index contributed by atoms with van der Waals surface area (Å²) in [4.78, 5) is 2.44. The normalized spacial score (nSPS) is 16.4. The van der Waals surface area contributed by atoms with E-state index < -0.39 is 0 Å². The molecule has 2 aromatic rings. The van der Waals surface area contributed by atoms with Crippen LogP contribution in [0.15, 0.2) is 54.6 Å². The predicted molar refractivity (Wildman–Crippen MR) is 92.4 cm³/mol. The van der Waals surface area contributed by atoms with E-state index in [9.17, 15) is 0 Å². The van der Waals surface area contributed by atoms with Crippen LogP contribution in [0.2, 0.25) is 0 Å². The molecule has 0 atom stereocenters. The third kappa shape index (κ3) is 4.09. The van der Waals surface area contributed by atoms with Crippen LogP contribution in [0.4, 0.5) is 0 Å². The molecule has 0 aromatic heterocycles. The van der Waals surface area contributed by atoms with E-state index in [-0.39, 0.29) is 12.4 Å². The fraction of sp³-hybridized carbons (Fsp3) is 0.368. The summed E-state index contributed by atoms with van der Waals surface area (Å²) >= 11 is 0. The molecular weight excluding hydrogens is 278 g/mol. The lowest BCUT2D eigenvalue weighted by Crippen LogP contribution is -2.29. The zero-order valence-corrected chi connectivity index (χ0v) is 13.5. The summed E-state index contributed by atoms with van der Waals surface area (Å²) < 4.78 is 0. The highest BCUT2D eigenvalue weighted by atomic mass is 35.5. The van der Waals surface area contributed by atoms with Gasteiger partial charge >= 0.3 is 0 Å². The number of rotatable bonds is 3. The first-order chi connectivity index (χ1) is 9.83. The van der Waals surface area contributed by atoms with Gasteiger partial charge in [-0.2, -0.15) is 0 Å². The first kappa shape index (κ1) is 16.1. The van der Waals surface area contributed by atoms with Crippen LogP contribution in [0.1, 0.15) is 35.4 Å². The van der Waals surface area contributed by atoms with E-state index in [1.54, 1.807) is 5.56 Å². The third-order valence-corrected chi connectivity index (χ3v) is 4.45. The summed E-state index contributed by atoms with van der Waals surface area (Å²) in [6.07, 6.45) is 3.65. The number of halogens is 1. The molecule has 2 heteroatoms. The van der Waals surface area contributed by atoms with Crippen LogP contribution in [-0.4, -0.2) is 25.0 Å². The van der Waals surface area contributed by atoms with Crippen molar-refractivity contribution in [2.45, 2.75) is 25.2 Å². The minimum atomic E-state index is 0. The van der Waals surface area contributed by atoms with Gasteiger partial charge in [0.15, 0.2) is 0 Å². The highest BCUT2D eigenvalue weighted by Gasteiger charge is 2.20. The number of benzene rings is 2. The quantitative estimate of drug-likeness (QED) is 0.806. The van der Waals surface area contributed by atoms with Gasteiger partial charge in [0.2, 0.25) is 0 Å². The van der Waals surface area contributed by atoms with Crippen molar-refractivity contribution in [3.05, 3.63) is 71.3 Å². The van der Waals surface area contributed by atoms with E-state index in [4.69, 9.17) is 0 Å². The summed E-state index contributed by atoms with van der Waals surface area (Å²) in [5, 5.41) is 0. The van der Waals surface area contributed by atoms with Crippen molar-refractivity contribution >= 4 is 12.4 Å². The van der Waals surface area contributed by atoms with Crippen LogP contribution in [0.25, 0.3) is 0 Å². The summed E-state index contributed by atoms with van der Waals surface area (Å²) in [7, 11) is 2.23. The fourth-order valence-electron chi connectivity index (χ4n) is 3.23. The molecular formula is C19H24ClN. The van der Waals surface area contributed by atoms with Crippen molar-refractivity contribution in [2.24, 2.45) is 0 Å². The summed E-state index contributed by atoms with van der Waals surface area (Å²) in [5.41, 5.74) is 4.49. The fourth-order valence-corrected chi connectivity index (χ4v) is 3.23. The van der Waals surface area contributed by atoms with Crippen molar-refractivity contribution in [2.75, 3.05) is 20.1 Å². The van der Waals surface area contributed by atoms with Crippen LogP contribution in [-0.2, 0) is 6.42 Å². The molecule has 21 heavy (non-hydrogen) atoms. The third-order valence-electron chi connectivity index (χ3n) is 4.45. The Hall–Kier alpha value is -1.31. The van der Waals surface area contributed by atoms with E-state index in [0.29, 0.717) is 0 Å². The molecule has 0 unspecified atom stereocenters. The molecule has 0 spiro atoms. The molecule has 0 N–H and O–H groups in total. The molecule has 0 amide bonds. The molecule has 0 saturated carbocycles. The Morgan fingerprint density at radius 1 is 0.905 bits per heavy atom. The van der Waals surface area contributed by atoms with Crippen LogP contribution in [0, 0.1) is 0 Å². The van der Waals surface area contributed by atoms with E-state index in [2.05, 4.69) is 66.5 Å². The van der Waals surface area contributed by atoms with E-state index in [0.717, 1.165) is 12.3 Å². The number of hydrogen-bond donors (Lipinski definition) is 0. The number of piperidine rings is 1. The Morgan fingerprint density at radius 3 is 2.24 bits per heavy atom. The molecule has 0 radical (unpaired) electrons. The maximum atomic E-state index is 2.44. The Morgan fingerprint density at radius 2 is 1.52 bits per heavy atom. The molecule has 1 aliphatic rings. The maximum absolute atomic E-state index is 2.44. The van der Waals surface area contributed by atoms with Gasteiger partial charge in [0.1, 0.15) is 0 Å². The molecule has 1 nitrogen and oxygen atoms in total. The van der Waals surface area contributed by atoms with Gasteiger partial charge in [-0.25, -0.2) is 0 Å². The molecule has 112 valence electrons. The van der Waals surface area contributed by atoms with Crippen molar-refractivity contribution in [1.82, 2.24) is 4.90 Å². The van der Waals surface area contributed by atoms with Crippen LogP contribution in [0.3, 0.4) is 0 Å². The molecule has 1 saturated heterocycles. The predicted octanol–water partition coefficient (Wildman–Crippen LogP) is 4.51. The van der Waals surface area contributed by atoms with Gasteiger partial charge in [-0.1, -0.05) is 54.6 Å². The lowest BCUT2D eigenvalue weighted by molar-refractivity contribution is 0.255. The van der Waals surface area contributed by atoms with Gasteiger partial charge in [-0.3, -0.25) is 0 Å². The first-order valence-corrected chi connectivity index (χ1v) is 7.63. The molecule has 1 heterocycles. The monoisotopic (exact) mass is 301 g/mol. The molecule has 2 aromatic carbocycles. The van der Waals surface area contributed by atoms with Crippen LogP contribution in [0.5, 0.6) is 0 Å². The largest absolute Gasteiger partial charge is 0.306 e. The molecule has 1 fully saturated rings. The van der Waals surface area contributed by atoms with Gasteiger partial charge in [0.05, 0.1) is 0 Å². The molecule has 0 aliphatic carbocycles. The zero-order chi connectivity index (χ0) is 13.8. The van der Waals surface area contributed by atoms with E-state index in [1.807, 2.05) is 0 Å². The van der Waals surface area contributed by atoms with Gasteiger partial charge in [-0.05, 0) is 62.0 Å². The smallest absolute Gasteiger partial charge is 0.00159 e. The Balaban J connectivity index is 0.00000161. The first-order valence-electron chi connectivity index (χ1n) is 7.63. The SMILES string of the molecule is CN1CCC(c2ccccc2Cc2ccccc2)CC1.Cl. The molecule has 1 aliphatic heterocycles. The average molecular weight is 302 g/mol. The lowest BCUT2D eigenvalue weighted by atomic mass is 9.85. The second-order valence-electron chi connectivity index (χ2n) is 5.94. The lowest BCUT2D eigenvalue weighted by Gasteiger charge is -2.30. The van der Waals surface area contributed by atoms with Crippen molar-refractivity contribution in [3.63, 3.8) is 0 Å². The second kappa shape index (κ2) is 7.63. The number of hydrogen-bond acceptors (Lipinski definition) is 1. The van der Waals surface area contributed by atoms with Crippen LogP contribution < -0.4 is 0 Å². The second-order valence-corrected chi connectivity index (χ2v) is 5.94. The summed E-state index contributed by atoms with van der Waals surface area (Å²) in [5.74, 6) is 0.742. The van der Waals surface area contributed by atoms with Crippen molar-refractivity contribution in [1.29, 1.82) is 0 Å². The minimum absolute atomic E-state index is 0. The van der Waals surface area contributed by atoms with E-state index in [1.165, 1.54) is 37.1 Å². The zero-order valence-electron chi connectivity index (χ0n) is 12.7. The Kier molecular flexibility index (Phi) is 5.84. The maximum Gasteiger partial charge on any atom is -0.00159 e. The topological polar surface area (TPSA) is 3.24 Å². The Labute approximate surface area is 134 Å². The van der Waals surface area contributed by atoms with Gasteiger partial charge < -0.3 is 4.90 Å². The molecule has 3 rings (SSSR count). The highest BCUT2D eigenvalue weighted by molar-refractivity contribution is 5.85. The molecule has 0 bridgehead atoms. The number of nitrogens with zero attached hydrogens (tertiary/aromatic N) is 1.